The van der Waals surface area contributed by atoms with Gasteiger partial charge in [0, 0.05) is 37.9 Å². The highest BCUT2D eigenvalue weighted by atomic mass is 16.3. The molecule has 1 aliphatic rings. The normalized spacial score (nSPS) is 12.4. The monoisotopic (exact) mass is 700 g/mol. The second-order valence-corrected chi connectivity index (χ2v) is 14.6. The summed E-state index contributed by atoms with van der Waals surface area (Å²) < 4.78 is 15.5. The van der Waals surface area contributed by atoms with Crippen molar-refractivity contribution >= 4 is 76.4 Å². The van der Waals surface area contributed by atoms with E-state index in [2.05, 4.69) is 138 Å². The lowest BCUT2D eigenvalue weighted by Crippen LogP contribution is -1.96. The van der Waals surface area contributed by atoms with Crippen molar-refractivity contribution in [1.29, 1.82) is 0 Å². The lowest BCUT2D eigenvalue weighted by Gasteiger charge is -2.15. The molecule has 4 heteroatoms. The molecule has 0 bridgehead atoms. The van der Waals surface area contributed by atoms with Gasteiger partial charge in [0.25, 0.3) is 0 Å². The largest absolute Gasteiger partial charge is 0.455 e. The number of fused-ring (bicyclic) bond motifs is 9. The summed E-state index contributed by atoms with van der Waals surface area (Å²) in [6, 6.07) is 60.8. The third-order valence-corrected chi connectivity index (χ3v) is 11.7. The fourth-order valence-electron chi connectivity index (χ4n) is 9.34. The highest BCUT2D eigenvalue weighted by Gasteiger charge is 2.26. The van der Waals surface area contributed by atoms with Gasteiger partial charge in [-0.1, -0.05) is 115 Å². The van der Waals surface area contributed by atoms with Gasteiger partial charge in [0.2, 0.25) is 5.89 Å². The van der Waals surface area contributed by atoms with E-state index in [0.29, 0.717) is 5.89 Å². The van der Waals surface area contributed by atoms with E-state index >= 15 is 0 Å². The van der Waals surface area contributed by atoms with Crippen molar-refractivity contribution < 1.29 is 8.83 Å². The number of hydrogen-bond donors (Lipinski definition) is 0. The molecule has 0 saturated carbocycles. The molecule has 0 amide bonds. The van der Waals surface area contributed by atoms with Crippen LogP contribution in [0.1, 0.15) is 0 Å². The first-order valence-corrected chi connectivity index (χ1v) is 18.7. The average molecular weight is 701 g/mol. The Hall–Kier alpha value is -7.43. The number of hydrogen-bond acceptors (Lipinski definition) is 3. The highest BCUT2D eigenvalue weighted by molar-refractivity contribution is 6.31. The molecular formula is C51H28N2O2. The third kappa shape index (κ3) is 3.92. The first-order chi connectivity index (χ1) is 27.3. The van der Waals surface area contributed by atoms with Gasteiger partial charge in [-0.25, -0.2) is 4.98 Å². The van der Waals surface area contributed by atoms with E-state index in [0.717, 1.165) is 66.2 Å². The minimum Gasteiger partial charge on any atom is -0.455 e. The summed E-state index contributed by atoms with van der Waals surface area (Å²) in [7, 11) is 0. The van der Waals surface area contributed by atoms with Crippen LogP contribution >= 0.6 is 0 Å². The standard InChI is InChI=1S/C51H28N2O2/c1-2-10-30(11-3-1)51-52-41-24-21-32(27-46(41)55-51)31-20-23-36-40-28-44(35-15-6-7-16-39(35)50(40)54-45(36)26-31)53-42-19-9-18-38-34-14-5-4-13-33(34)37-17-8-12-29-22-25-43(53)49(47(29)37)48(38)42/h1-28H. The van der Waals surface area contributed by atoms with Crippen LogP contribution in [0.3, 0.4) is 0 Å². The molecule has 0 saturated heterocycles. The molecule has 0 spiro atoms. The maximum absolute atomic E-state index is 6.82. The SMILES string of the molecule is c1ccc(-c2nc3ccc(-c4ccc5c(c4)oc4c6ccccc6c(-n6c7cccc8c7c7c9c(cccc9ccc76)-c6ccccc6-8)cc54)cc3o2)cc1. The lowest BCUT2D eigenvalue weighted by atomic mass is 9.93. The highest BCUT2D eigenvalue weighted by Crippen LogP contribution is 2.50. The molecular weight excluding hydrogens is 673 g/mol. The molecule has 13 rings (SSSR count). The molecule has 4 nitrogen and oxygen atoms in total. The van der Waals surface area contributed by atoms with Crippen LogP contribution in [0.5, 0.6) is 0 Å². The second-order valence-electron chi connectivity index (χ2n) is 14.6. The van der Waals surface area contributed by atoms with Crippen LogP contribution < -0.4 is 0 Å². The number of aromatic nitrogens is 2. The number of nitrogens with zero attached hydrogens (tertiary/aromatic N) is 2. The molecule has 1 aliphatic carbocycles. The van der Waals surface area contributed by atoms with Crippen molar-refractivity contribution in [2.45, 2.75) is 0 Å². The summed E-state index contributed by atoms with van der Waals surface area (Å²) in [6.45, 7) is 0. The summed E-state index contributed by atoms with van der Waals surface area (Å²) in [5, 5.41) is 9.59. The van der Waals surface area contributed by atoms with Crippen LogP contribution in [-0.4, -0.2) is 9.55 Å². The van der Waals surface area contributed by atoms with Crippen LogP contribution in [0.15, 0.2) is 179 Å². The van der Waals surface area contributed by atoms with Gasteiger partial charge >= 0.3 is 0 Å². The maximum atomic E-state index is 6.82. The molecule has 0 radical (unpaired) electrons. The van der Waals surface area contributed by atoms with Crippen LogP contribution in [0.2, 0.25) is 0 Å². The summed E-state index contributed by atoms with van der Waals surface area (Å²) in [5.41, 5.74) is 15.1. The van der Waals surface area contributed by atoms with E-state index in [9.17, 15) is 0 Å². The van der Waals surface area contributed by atoms with Crippen molar-refractivity contribution in [2.75, 3.05) is 0 Å². The Labute approximate surface area is 314 Å². The van der Waals surface area contributed by atoms with Crippen molar-refractivity contribution in [3.63, 3.8) is 0 Å². The number of oxazole rings is 1. The molecule has 254 valence electrons. The van der Waals surface area contributed by atoms with Crippen molar-refractivity contribution in [1.82, 2.24) is 9.55 Å². The van der Waals surface area contributed by atoms with Gasteiger partial charge in [0.05, 0.1) is 16.7 Å². The molecule has 55 heavy (non-hydrogen) atoms. The quantitative estimate of drug-likeness (QED) is 0.184. The van der Waals surface area contributed by atoms with Crippen LogP contribution in [0.4, 0.5) is 0 Å². The molecule has 12 aromatic rings. The van der Waals surface area contributed by atoms with Crippen LogP contribution in [0, 0.1) is 0 Å². The Morgan fingerprint density at radius 2 is 1.09 bits per heavy atom. The molecule has 0 fully saturated rings. The van der Waals surface area contributed by atoms with E-state index in [1.807, 2.05) is 36.4 Å². The van der Waals surface area contributed by atoms with Gasteiger partial charge in [-0.2, -0.15) is 0 Å². The van der Waals surface area contributed by atoms with Gasteiger partial charge in [0.1, 0.15) is 16.7 Å². The smallest absolute Gasteiger partial charge is 0.227 e. The Balaban J connectivity index is 1.05. The molecule has 0 aliphatic heterocycles. The first kappa shape index (κ1) is 29.1. The topological polar surface area (TPSA) is 44.1 Å². The van der Waals surface area contributed by atoms with Crippen molar-refractivity contribution in [3.05, 3.63) is 170 Å². The Bertz CT molecular complexity index is 3600. The Morgan fingerprint density at radius 1 is 0.400 bits per heavy atom. The van der Waals surface area contributed by atoms with E-state index in [4.69, 9.17) is 13.8 Å². The zero-order valence-corrected chi connectivity index (χ0v) is 29.4. The van der Waals surface area contributed by atoms with Gasteiger partial charge < -0.3 is 13.4 Å². The average Bonchev–Trinajstić information content (AvgIpc) is 3.92. The number of furan rings is 1. The lowest BCUT2D eigenvalue weighted by molar-refractivity contribution is 0.620. The maximum Gasteiger partial charge on any atom is 0.227 e. The molecule has 3 heterocycles. The zero-order chi connectivity index (χ0) is 35.8. The van der Waals surface area contributed by atoms with Gasteiger partial charge in [-0.05, 0) is 98.8 Å². The van der Waals surface area contributed by atoms with E-state index in [-0.39, 0.29) is 0 Å². The number of benzene rings is 9. The molecule has 0 atom stereocenters. The van der Waals surface area contributed by atoms with Gasteiger partial charge in [-0.3, -0.25) is 0 Å². The summed E-state index contributed by atoms with van der Waals surface area (Å²) in [5.74, 6) is 0.623. The summed E-state index contributed by atoms with van der Waals surface area (Å²) >= 11 is 0. The molecule has 9 aromatic carbocycles. The predicted octanol–water partition coefficient (Wildman–Crippen LogP) is 14.1. The second kappa shape index (κ2) is 10.6. The van der Waals surface area contributed by atoms with Crippen LogP contribution in [-0.2, 0) is 0 Å². The molecule has 0 N–H and O–H groups in total. The summed E-state index contributed by atoms with van der Waals surface area (Å²) in [4.78, 5) is 4.74. The number of rotatable bonds is 3. The van der Waals surface area contributed by atoms with Gasteiger partial charge in [-0.15, -0.1) is 0 Å². The summed E-state index contributed by atoms with van der Waals surface area (Å²) in [6.07, 6.45) is 0. The zero-order valence-electron chi connectivity index (χ0n) is 29.4. The van der Waals surface area contributed by atoms with Gasteiger partial charge in [0.15, 0.2) is 5.58 Å². The minimum absolute atomic E-state index is 0.623. The Morgan fingerprint density at radius 3 is 1.95 bits per heavy atom. The fourth-order valence-corrected chi connectivity index (χ4v) is 9.34. The Kier molecular flexibility index (Phi) is 5.60. The minimum atomic E-state index is 0.623. The van der Waals surface area contributed by atoms with Crippen LogP contribution in [0.25, 0.3) is 127 Å². The van der Waals surface area contributed by atoms with Crippen molar-refractivity contribution in [2.24, 2.45) is 0 Å². The molecule has 0 unspecified atom stereocenters. The molecule has 3 aromatic heterocycles. The third-order valence-electron chi connectivity index (χ3n) is 11.7. The first-order valence-electron chi connectivity index (χ1n) is 18.7. The van der Waals surface area contributed by atoms with E-state index in [1.165, 1.54) is 54.8 Å². The predicted molar refractivity (Wildman–Crippen MR) is 226 cm³/mol. The van der Waals surface area contributed by atoms with E-state index in [1.54, 1.807) is 0 Å². The fraction of sp³-hybridized carbons (Fsp3) is 0. The van der Waals surface area contributed by atoms with Crippen molar-refractivity contribution in [3.8, 4) is 50.5 Å². The van der Waals surface area contributed by atoms with E-state index < -0.39 is 0 Å².